The van der Waals surface area contributed by atoms with E-state index in [2.05, 4.69) is 180 Å². The quantitative estimate of drug-likeness (QED) is 0.0365. The van der Waals surface area contributed by atoms with Gasteiger partial charge in [0.25, 0.3) is 0 Å². The number of hydrogen-bond acceptors (Lipinski definition) is 14. The minimum absolute atomic E-state index is 0.438. The van der Waals surface area contributed by atoms with E-state index in [-0.39, 0.29) is 0 Å². The third kappa shape index (κ3) is 38.9. The molecule has 0 aliphatic heterocycles. The highest BCUT2D eigenvalue weighted by atomic mass is 16.5. The SMILES string of the molecule is CC(C)COc1cccc(Oc2ccc(C(C)C)cc2)c1.CC(C)c1ccc(Oc2cccc(OCC3CCCC3)c2)cc1.CC(C)c1ccc(Oc2cccc(OCC3CCCCC3)c2)cc1.CC(C)c1ccc(Oc2cccc(OCCC3CCCCC3)c2)cc1.CC(C)c1ccc(Oc2cccc(OCc3ccccn3)c2)cc1.CC(C)c1ccc(Oc2cccc(OCc3cccnc3)c2)cc1. The molecule has 0 bridgehead atoms. The Bertz CT molecular complexity index is 5700. The Morgan fingerprint density at radius 3 is 0.794 bits per heavy atom. The fraction of sp³-hybridized carbons (Fsp3) is 0.354. The average molecular weight is 1900 g/mol. The van der Waals surface area contributed by atoms with Crippen molar-refractivity contribution in [3.8, 4) is 103 Å². The Labute approximate surface area is 841 Å². The molecule has 14 heteroatoms. The van der Waals surface area contributed by atoms with E-state index in [1.165, 1.54) is 130 Å². The largest absolute Gasteiger partial charge is 0.493 e. The fourth-order valence-corrected chi connectivity index (χ4v) is 16.4. The topological polar surface area (TPSA) is 137 Å². The third-order valence-electron chi connectivity index (χ3n) is 25.0. The Kier molecular flexibility index (Phi) is 43.7. The van der Waals surface area contributed by atoms with E-state index in [9.17, 15) is 0 Å². The molecule has 2 heterocycles. The Morgan fingerprint density at radius 2 is 0.511 bits per heavy atom. The molecule has 14 aromatic rings. The lowest BCUT2D eigenvalue weighted by atomic mass is 9.87. The van der Waals surface area contributed by atoms with Gasteiger partial charge in [-0.15, -0.1) is 0 Å². The number of aromatic nitrogens is 2. The van der Waals surface area contributed by atoms with Gasteiger partial charge in [0, 0.05) is 60.6 Å². The second-order valence-electron chi connectivity index (χ2n) is 39.2. The average Bonchev–Trinajstić information content (AvgIpc) is 1.27. The van der Waals surface area contributed by atoms with Crippen molar-refractivity contribution in [2.24, 2.45) is 23.7 Å². The summed E-state index contributed by atoms with van der Waals surface area (Å²) < 4.78 is 70.8. The minimum Gasteiger partial charge on any atom is -0.493 e. The second kappa shape index (κ2) is 57.9. The number of nitrogens with zero attached hydrogens (tertiary/aromatic N) is 2. The van der Waals surface area contributed by atoms with Gasteiger partial charge in [0.15, 0.2) is 0 Å². The highest BCUT2D eigenvalue weighted by Gasteiger charge is 2.19. The van der Waals surface area contributed by atoms with Crippen LogP contribution in [0.15, 0.2) is 340 Å². The van der Waals surface area contributed by atoms with Gasteiger partial charge in [0.05, 0.1) is 32.1 Å². The molecule has 0 N–H and O–H groups in total. The fourth-order valence-electron chi connectivity index (χ4n) is 16.4. The Hall–Kier alpha value is -13.5. The first-order valence-electron chi connectivity index (χ1n) is 51.4. The molecule has 14 nitrogen and oxygen atoms in total. The van der Waals surface area contributed by atoms with Crippen LogP contribution in [0.1, 0.15) is 273 Å². The summed E-state index contributed by atoms with van der Waals surface area (Å²) >= 11 is 0. The summed E-state index contributed by atoms with van der Waals surface area (Å²) in [6.45, 7) is 34.6. The van der Waals surface area contributed by atoms with Gasteiger partial charge in [-0.3, -0.25) is 9.97 Å². The van der Waals surface area contributed by atoms with Gasteiger partial charge in [-0.05, 0) is 288 Å². The van der Waals surface area contributed by atoms with Crippen LogP contribution in [0.3, 0.4) is 0 Å². The van der Waals surface area contributed by atoms with Crippen molar-refractivity contribution >= 4 is 0 Å². The Balaban J connectivity index is 0.000000151. The molecular formula is C127H150N2O12. The highest BCUT2D eigenvalue weighted by Crippen LogP contribution is 2.38. The van der Waals surface area contributed by atoms with Crippen molar-refractivity contribution in [3.63, 3.8) is 0 Å². The van der Waals surface area contributed by atoms with Crippen LogP contribution < -0.4 is 56.8 Å². The van der Waals surface area contributed by atoms with Crippen molar-refractivity contribution in [1.82, 2.24) is 9.97 Å². The van der Waals surface area contributed by atoms with Crippen molar-refractivity contribution in [3.05, 3.63) is 385 Å². The molecule has 3 aliphatic carbocycles. The third-order valence-corrected chi connectivity index (χ3v) is 25.0. The highest BCUT2D eigenvalue weighted by molar-refractivity contribution is 5.45. The predicted octanol–water partition coefficient (Wildman–Crippen LogP) is 36.5. The molecular weight excluding hydrogens is 1750 g/mol. The molecule has 740 valence electrons. The van der Waals surface area contributed by atoms with Crippen LogP contribution in [0.25, 0.3) is 0 Å². The summed E-state index contributed by atoms with van der Waals surface area (Å²) in [5.74, 6) is 20.9. The zero-order valence-corrected chi connectivity index (χ0v) is 85.7. The van der Waals surface area contributed by atoms with Crippen molar-refractivity contribution in [1.29, 1.82) is 0 Å². The van der Waals surface area contributed by atoms with Crippen molar-refractivity contribution in [2.75, 3.05) is 26.4 Å². The molecule has 0 saturated heterocycles. The predicted molar refractivity (Wildman–Crippen MR) is 576 cm³/mol. The van der Waals surface area contributed by atoms with Crippen LogP contribution in [0.5, 0.6) is 103 Å². The maximum Gasteiger partial charge on any atom is 0.131 e. The summed E-state index contributed by atoms with van der Waals surface area (Å²) in [5, 5.41) is 0. The second-order valence-corrected chi connectivity index (χ2v) is 39.2. The van der Waals surface area contributed by atoms with Crippen molar-refractivity contribution < 1.29 is 56.8 Å². The maximum atomic E-state index is 5.99. The van der Waals surface area contributed by atoms with E-state index in [4.69, 9.17) is 56.8 Å². The molecule has 0 radical (unpaired) electrons. The molecule has 3 fully saturated rings. The van der Waals surface area contributed by atoms with Crippen LogP contribution in [0.2, 0.25) is 0 Å². The standard InChI is InChI=1S/C23H30O2.C22H28O2.2C21H21NO2.C21H26O2.C19H24O2/c1-18(2)20-11-13-21(14-12-20)25-23-10-6-9-22(17-23)24-16-15-19-7-4-3-5-8-19;1-17(2)19-11-13-20(14-12-19)24-22-10-6-9-21(15-22)23-16-18-7-4-3-5-8-18;1-16(2)18-8-10-19(11-9-18)24-21-7-3-6-20(13-21)23-15-17-5-4-12-22-14-17;1-16(2)17-9-11-19(12-10-17)24-21-8-5-7-20(14-21)23-15-18-6-3-4-13-22-18;1-16(2)18-10-12-19(13-11-18)23-21-9-5-8-20(14-21)22-15-17-6-3-4-7-17;1-14(2)13-20-18-6-5-7-19(12-18)21-17-10-8-16(9-11-17)15(3)4/h6,9-14,17-19H,3-5,7-8,15-16H2,1-2H3;6,9-15,17-18H,3-5,7-8,16H2,1-2H3;2*3-14,16H,15H2,1-2H3;5,8-14,16-17H,3-4,6-7,15H2,1-2H3;5-12,14-15H,13H2,1-4H3. The van der Waals surface area contributed by atoms with Gasteiger partial charge in [0.1, 0.15) is 117 Å². The van der Waals surface area contributed by atoms with Gasteiger partial charge in [-0.1, -0.05) is 282 Å². The minimum atomic E-state index is 0.438. The lowest BCUT2D eigenvalue weighted by Crippen LogP contribution is -2.15. The van der Waals surface area contributed by atoms with E-state index in [1.54, 1.807) is 18.6 Å². The van der Waals surface area contributed by atoms with Gasteiger partial charge in [-0.25, -0.2) is 0 Å². The first kappa shape index (κ1) is 106. The van der Waals surface area contributed by atoms with E-state index in [0.29, 0.717) is 67.2 Å². The number of ether oxygens (including phenoxy) is 12. The molecule has 0 atom stereocenters. The molecule has 2 aromatic heterocycles. The zero-order chi connectivity index (χ0) is 99.1. The number of hydrogen-bond donors (Lipinski definition) is 0. The first-order valence-corrected chi connectivity index (χ1v) is 51.4. The molecule has 141 heavy (non-hydrogen) atoms. The van der Waals surface area contributed by atoms with Crippen LogP contribution in [0, 0.1) is 23.7 Å². The lowest BCUT2D eigenvalue weighted by Gasteiger charge is -2.21. The van der Waals surface area contributed by atoms with Crippen LogP contribution in [0.4, 0.5) is 0 Å². The number of benzene rings is 12. The molecule has 17 rings (SSSR count). The van der Waals surface area contributed by atoms with Gasteiger partial charge in [-0.2, -0.15) is 0 Å². The lowest BCUT2D eigenvalue weighted by molar-refractivity contribution is 0.208. The molecule has 3 saturated carbocycles. The summed E-state index contributed by atoms with van der Waals surface area (Å²) in [6, 6.07) is 106. The van der Waals surface area contributed by atoms with Crippen LogP contribution in [-0.2, 0) is 13.2 Å². The smallest absolute Gasteiger partial charge is 0.131 e. The maximum absolute atomic E-state index is 5.99. The summed E-state index contributed by atoms with van der Waals surface area (Å²) in [7, 11) is 0. The summed E-state index contributed by atoms with van der Waals surface area (Å²) in [5.41, 5.74) is 9.83. The van der Waals surface area contributed by atoms with Gasteiger partial charge >= 0.3 is 0 Å². The first-order chi connectivity index (χ1) is 68.6. The van der Waals surface area contributed by atoms with E-state index in [1.807, 2.05) is 249 Å². The molecule has 0 spiro atoms. The summed E-state index contributed by atoms with van der Waals surface area (Å²) in [4.78, 5) is 8.34. The number of pyridine rings is 2. The van der Waals surface area contributed by atoms with E-state index in [0.717, 1.165) is 146 Å². The molecule has 3 aliphatic rings. The number of rotatable bonds is 37. The molecule has 12 aromatic carbocycles. The van der Waals surface area contributed by atoms with Gasteiger partial charge < -0.3 is 56.8 Å². The molecule has 0 unspecified atom stereocenters. The van der Waals surface area contributed by atoms with Crippen LogP contribution >= 0.6 is 0 Å². The van der Waals surface area contributed by atoms with Crippen molar-refractivity contribution in [2.45, 2.75) is 242 Å². The van der Waals surface area contributed by atoms with Crippen LogP contribution in [-0.4, -0.2) is 36.4 Å². The van der Waals surface area contributed by atoms with E-state index >= 15 is 0 Å². The van der Waals surface area contributed by atoms with E-state index < -0.39 is 0 Å². The molecule has 0 amide bonds. The Morgan fingerprint density at radius 1 is 0.234 bits per heavy atom. The summed E-state index contributed by atoms with van der Waals surface area (Å²) in [6.07, 6.45) is 25.4. The zero-order valence-electron chi connectivity index (χ0n) is 85.7. The monoisotopic (exact) mass is 1900 g/mol. The normalized spacial score (nSPS) is 13.1. The van der Waals surface area contributed by atoms with Gasteiger partial charge in [0.2, 0.25) is 0 Å².